The lowest BCUT2D eigenvalue weighted by Gasteiger charge is -2.05. The Kier molecular flexibility index (Phi) is 3.27. The van der Waals surface area contributed by atoms with Crippen LogP contribution >= 0.6 is 0 Å². The highest BCUT2D eigenvalue weighted by atomic mass is 16.4. The van der Waals surface area contributed by atoms with E-state index in [9.17, 15) is 0 Å². The first kappa shape index (κ1) is 12.5. The molecule has 2 heterocycles. The zero-order chi connectivity index (χ0) is 13.3. The molecule has 0 saturated carbocycles. The molecule has 0 fully saturated rings. The van der Waals surface area contributed by atoms with Crippen molar-refractivity contribution in [2.45, 2.75) is 33.2 Å². The molecule has 0 amide bonds. The van der Waals surface area contributed by atoms with Gasteiger partial charge >= 0.3 is 0 Å². The van der Waals surface area contributed by atoms with Crippen molar-refractivity contribution in [3.05, 3.63) is 23.5 Å². The molecule has 0 radical (unpaired) electrons. The van der Waals surface area contributed by atoms with Crippen molar-refractivity contribution in [3.8, 4) is 0 Å². The van der Waals surface area contributed by atoms with Gasteiger partial charge in [-0.2, -0.15) is 5.10 Å². The number of oxazole rings is 1. The topological polar surface area (TPSA) is 81.9 Å². The highest BCUT2D eigenvalue weighted by molar-refractivity contribution is 5.65. The van der Waals surface area contributed by atoms with Crippen LogP contribution in [0, 0.1) is 6.92 Å². The van der Waals surface area contributed by atoms with E-state index in [0.29, 0.717) is 24.0 Å². The van der Waals surface area contributed by atoms with Crippen molar-refractivity contribution >= 4 is 11.5 Å². The number of nitrogens with zero attached hydrogens (tertiary/aromatic N) is 3. The molecule has 0 aliphatic rings. The zero-order valence-corrected chi connectivity index (χ0v) is 11.2. The van der Waals surface area contributed by atoms with Crippen LogP contribution in [0.3, 0.4) is 0 Å². The monoisotopic (exact) mass is 249 g/mol. The van der Waals surface area contributed by atoms with Gasteiger partial charge in [-0.05, 0) is 12.8 Å². The second kappa shape index (κ2) is 4.72. The number of nitrogens with two attached hydrogens (primary N) is 1. The highest BCUT2D eigenvalue weighted by Gasteiger charge is 2.16. The number of hydrogen-bond acceptors (Lipinski definition) is 5. The minimum atomic E-state index is 0.302. The number of aryl methyl sites for hydroxylation is 2. The lowest BCUT2D eigenvalue weighted by Crippen LogP contribution is -2.06. The Labute approximate surface area is 106 Å². The first-order chi connectivity index (χ1) is 8.49. The van der Waals surface area contributed by atoms with E-state index in [0.717, 1.165) is 17.3 Å². The quantitative estimate of drug-likeness (QED) is 0.866. The van der Waals surface area contributed by atoms with E-state index in [1.807, 2.05) is 14.0 Å². The molecule has 0 atom stereocenters. The Morgan fingerprint density at radius 2 is 2.22 bits per heavy atom. The van der Waals surface area contributed by atoms with Crippen LogP contribution in [-0.2, 0) is 13.6 Å². The van der Waals surface area contributed by atoms with Gasteiger partial charge in [-0.15, -0.1) is 0 Å². The largest absolute Gasteiger partial charge is 0.444 e. The fourth-order valence-electron chi connectivity index (χ4n) is 1.84. The summed E-state index contributed by atoms with van der Waals surface area (Å²) < 4.78 is 7.15. The van der Waals surface area contributed by atoms with Gasteiger partial charge in [0.2, 0.25) is 5.89 Å². The number of aromatic nitrogens is 3. The standard InChI is InChI=1S/C12H19N5O/c1-7(2)11-10(13)12(17(4)16-11)15-6-9-14-5-8(3)18-9/h5,7,15H,6,13H2,1-4H3. The van der Waals surface area contributed by atoms with E-state index in [1.54, 1.807) is 10.9 Å². The van der Waals surface area contributed by atoms with Crippen molar-refractivity contribution in [3.63, 3.8) is 0 Å². The molecule has 6 nitrogen and oxygen atoms in total. The van der Waals surface area contributed by atoms with E-state index in [2.05, 4.69) is 29.2 Å². The molecule has 0 aliphatic carbocycles. The van der Waals surface area contributed by atoms with Crippen LogP contribution in [0.15, 0.2) is 10.6 Å². The van der Waals surface area contributed by atoms with Crippen molar-refractivity contribution in [1.82, 2.24) is 14.8 Å². The Bertz CT molecular complexity index is 541. The molecule has 2 rings (SSSR count). The summed E-state index contributed by atoms with van der Waals surface area (Å²) in [4.78, 5) is 4.13. The van der Waals surface area contributed by atoms with Gasteiger partial charge in [0.1, 0.15) is 11.6 Å². The molecule has 0 saturated heterocycles. The maximum absolute atomic E-state index is 6.08. The van der Waals surface area contributed by atoms with Crippen LogP contribution in [-0.4, -0.2) is 14.8 Å². The average Bonchev–Trinajstić information content (AvgIpc) is 2.82. The first-order valence-electron chi connectivity index (χ1n) is 5.96. The van der Waals surface area contributed by atoms with Crippen LogP contribution < -0.4 is 11.1 Å². The number of nitrogen functional groups attached to an aromatic ring is 1. The van der Waals surface area contributed by atoms with Gasteiger partial charge in [-0.3, -0.25) is 4.68 Å². The summed E-state index contributed by atoms with van der Waals surface area (Å²) in [6.45, 7) is 6.50. The highest BCUT2D eigenvalue weighted by Crippen LogP contribution is 2.27. The minimum Gasteiger partial charge on any atom is -0.444 e. The van der Waals surface area contributed by atoms with Crippen LogP contribution in [0.25, 0.3) is 0 Å². The predicted octanol–water partition coefficient (Wildman–Crippen LogP) is 2.03. The maximum atomic E-state index is 6.08. The molecular formula is C12H19N5O. The molecule has 2 aromatic heterocycles. The SMILES string of the molecule is Cc1cnc(CNc2c(N)c(C(C)C)nn2C)o1. The molecule has 2 aromatic rings. The maximum Gasteiger partial charge on any atom is 0.213 e. The van der Waals surface area contributed by atoms with Gasteiger partial charge in [-0.25, -0.2) is 4.98 Å². The van der Waals surface area contributed by atoms with E-state index in [4.69, 9.17) is 10.2 Å². The van der Waals surface area contributed by atoms with E-state index >= 15 is 0 Å². The smallest absolute Gasteiger partial charge is 0.213 e. The fraction of sp³-hybridized carbons (Fsp3) is 0.500. The van der Waals surface area contributed by atoms with Crippen LogP contribution in [0.4, 0.5) is 11.5 Å². The van der Waals surface area contributed by atoms with Gasteiger partial charge in [0.05, 0.1) is 24.1 Å². The summed E-state index contributed by atoms with van der Waals surface area (Å²) in [5.41, 5.74) is 7.67. The second-order valence-electron chi connectivity index (χ2n) is 4.64. The van der Waals surface area contributed by atoms with Crippen LogP contribution in [0.5, 0.6) is 0 Å². The third kappa shape index (κ3) is 2.32. The second-order valence-corrected chi connectivity index (χ2v) is 4.64. The van der Waals surface area contributed by atoms with E-state index in [-0.39, 0.29) is 0 Å². The molecule has 0 aromatic carbocycles. The molecule has 0 aliphatic heterocycles. The Morgan fingerprint density at radius 3 is 2.72 bits per heavy atom. The van der Waals surface area contributed by atoms with Gasteiger partial charge < -0.3 is 15.5 Å². The summed E-state index contributed by atoms with van der Waals surface area (Å²) in [7, 11) is 1.87. The average molecular weight is 249 g/mol. The summed E-state index contributed by atoms with van der Waals surface area (Å²) >= 11 is 0. The molecular weight excluding hydrogens is 230 g/mol. The van der Waals surface area contributed by atoms with Gasteiger partial charge in [0.25, 0.3) is 0 Å². The van der Waals surface area contributed by atoms with Crippen molar-refractivity contribution < 1.29 is 4.42 Å². The van der Waals surface area contributed by atoms with Crippen LogP contribution in [0.1, 0.15) is 37.1 Å². The molecule has 6 heteroatoms. The van der Waals surface area contributed by atoms with Gasteiger partial charge in [0, 0.05) is 7.05 Å². The van der Waals surface area contributed by atoms with Gasteiger partial charge in [0.15, 0.2) is 0 Å². The summed E-state index contributed by atoms with van der Waals surface area (Å²) in [6.07, 6.45) is 1.70. The Balaban J connectivity index is 2.14. The number of rotatable bonds is 4. The Hall–Kier alpha value is -1.98. The van der Waals surface area contributed by atoms with Crippen molar-refractivity contribution in [2.24, 2.45) is 7.05 Å². The summed E-state index contributed by atoms with van der Waals surface area (Å²) in [5, 5.41) is 7.61. The number of hydrogen-bond donors (Lipinski definition) is 2. The minimum absolute atomic E-state index is 0.302. The zero-order valence-electron chi connectivity index (χ0n) is 11.2. The van der Waals surface area contributed by atoms with Crippen molar-refractivity contribution in [2.75, 3.05) is 11.1 Å². The normalized spacial score (nSPS) is 11.2. The third-order valence-electron chi connectivity index (χ3n) is 2.74. The molecule has 0 spiro atoms. The molecule has 0 unspecified atom stereocenters. The molecule has 98 valence electrons. The summed E-state index contributed by atoms with van der Waals surface area (Å²) in [5.74, 6) is 2.54. The first-order valence-corrected chi connectivity index (χ1v) is 5.96. The number of anilines is 2. The van der Waals surface area contributed by atoms with E-state index in [1.165, 1.54) is 0 Å². The fourth-order valence-corrected chi connectivity index (χ4v) is 1.84. The third-order valence-corrected chi connectivity index (χ3v) is 2.74. The van der Waals surface area contributed by atoms with Gasteiger partial charge in [-0.1, -0.05) is 13.8 Å². The Morgan fingerprint density at radius 1 is 1.50 bits per heavy atom. The number of nitrogens with one attached hydrogen (secondary N) is 1. The molecule has 18 heavy (non-hydrogen) atoms. The molecule has 3 N–H and O–H groups in total. The lowest BCUT2D eigenvalue weighted by molar-refractivity contribution is 0.478. The predicted molar refractivity (Wildman–Crippen MR) is 70.3 cm³/mol. The lowest BCUT2D eigenvalue weighted by atomic mass is 10.1. The summed E-state index contributed by atoms with van der Waals surface area (Å²) in [6, 6.07) is 0. The molecule has 0 bridgehead atoms. The van der Waals surface area contributed by atoms with Crippen molar-refractivity contribution in [1.29, 1.82) is 0 Å². The van der Waals surface area contributed by atoms with E-state index < -0.39 is 0 Å². The van der Waals surface area contributed by atoms with Crippen LogP contribution in [0.2, 0.25) is 0 Å².